The Balaban J connectivity index is 1.80. The molecule has 0 fully saturated rings. The van der Waals surface area contributed by atoms with Crippen molar-refractivity contribution >= 4 is 21.6 Å². The van der Waals surface area contributed by atoms with Crippen molar-refractivity contribution in [2.45, 2.75) is 25.4 Å². The molecule has 2 heterocycles. The maximum absolute atomic E-state index is 13.1. The van der Waals surface area contributed by atoms with Crippen LogP contribution in [-0.4, -0.2) is 24.1 Å². The van der Waals surface area contributed by atoms with Crippen LogP contribution in [0.25, 0.3) is 5.69 Å². The Bertz CT molecular complexity index is 1200. The van der Waals surface area contributed by atoms with Crippen LogP contribution in [0.15, 0.2) is 42.5 Å². The molecule has 8 heteroatoms. The molecule has 3 aromatic rings. The van der Waals surface area contributed by atoms with Gasteiger partial charge in [-0.3, -0.25) is 4.79 Å². The van der Waals surface area contributed by atoms with Crippen LogP contribution in [0.1, 0.15) is 32.7 Å². The molecule has 1 aliphatic rings. The first-order valence-electron chi connectivity index (χ1n) is 8.69. The van der Waals surface area contributed by atoms with Crippen molar-refractivity contribution < 1.29 is 17.6 Å². The number of aromatic nitrogens is 2. The highest BCUT2D eigenvalue weighted by molar-refractivity contribution is 7.90. The van der Waals surface area contributed by atoms with Crippen LogP contribution in [0.3, 0.4) is 0 Å². The van der Waals surface area contributed by atoms with Gasteiger partial charge >= 0.3 is 0 Å². The number of rotatable bonds is 3. The van der Waals surface area contributed by atoms with Gasteiger partial charge < -0.3 is 5.32 Å². The molecule has 0 bridgehead atoms. The Hall–Kier alpha value is -3.00. The molecule has 2 aromatic carbocycles. The Kier molecular flexibility index (Phi) is 4.30. The summed E-state index contributed by atoms with van der Waals surface area (Å²) in [4.78, 5) is 12.7. The van der Waals surface area contributed by atoms with E-state index in [0.717, 1.165) is 16.8 Å². The lowest BCUT2D eigenvalue weighted by molar-refractivity contribution is 0.102. The molecule has 1 amide bonds. The zero-order valence-electron chi connectivity index (χ0n) is 15.4. The highest BCUT2D eigenvalue weighted by atomic mass is 32.2. The van der Waals surface area contributed by atoms with E-state index in [9.17, 15) is 17.6 Å². The number of carbonyl (C=O) groups is 1. The quantitative estimate of drug-likeness (QED) is 0.733. The lowest BCUT2D eigenvalue weighted by Gasteiger charge is -2.13. The molecule has 0 radical (unpaired) electrons. The van der Waals surface area contributed by atoms with Gasteiger partial charge in [0.05, 0.1) is 22.9 Å². The van der Waals surface area contributed by atoms with Crippen LogP contribution in [0.2, 0.25) is 0 Å². The van der Waals surface area contributed by atoms with Gasteiger partial charge in [-0.2, -0.15) is 5.10 Å². The summed E-state index contributed by atoms with van der Waals surface area (Å²) in [6.45, 7) is 3.90. The molecule has 0 atom stereocenters. The largest absolute Gasteiger partial charge is 0.306 e. The minimum absolute atomic E-state index is 0.153. The minimum Gasteiger partial charge on any atom is -0.306 e. The SMILES string of the molecule is Cc1ccc(-n2nc3c(c2NC(=O)c2ccc(F)cc2)CS(=O)(=O)C3)c(C)c1. The van der Waals surface area contributed by atoms with Crippen LogP contribution >= 0.6 is 0 Å². The first kappa shape index (κ1) is 18.4. The third-order valence-corrected chi connectivity index (χ3v) is 6.15. The number of nitrogens with zero attached hydrogens (tertiary/aromatic N) is 2. The van der Waals surface area contributed by atoms with Gasteiger partial charge in [-0.05, 0) is 49.7 Å². The fourth-order valence-corrected chi connectivity index (χ4v) is 4.86. The van der Waals surface area contributed by atoms with E-state index in [1.165, 1.54) is 24.3 Å². The predicted octanol–water partition coefficient (Wildman–Crippen LogP) is 3.31. The topological polar surface area (TPSA) is 81.1 Å². The summed E-state index contributed by atoms with van der Waals surface area (Å²) >= 11 is 0. The van der Waals surface area contributed by atoms with E-state index < -0.39 is 21.6 Å². The van der Waals surface area contributed by atoms with Gasteiger partial charge in [-0.25, -0.2) is 17.5 Å². The van der Waals surface area contributed by atoms with Gasteiger partial charge in [-0.15, -0.1) is 0 Å². The third-order valence-electron chi connectivity index (χ3n) is 4.71. The summed E-state index contributed by atoms with van der Waals surface area (Å²) in [6.07, 6.45) is 0. The second-order valence-electron chi connectivity index (χ2n) is 6.97. The van der Waals surface area contributed by atoms with Crippen molar-refractivity contribution in [3.63, 3.8) is 0 Å². The molecule has 1 aromatic heterocycles. The smallest absolute Gasteiger partial charge is 0.256 e. The Morgan fingerprint density at radius 3 is 2.50 bits per heavy atom. The summed E-state index contributed by atoms with van der Waals surface area (Å²) in [5.74, 6) is -0.898. The zero-order chi connectivity index (χ0) is 20.1. The highest BCUT2D eigenvalue weighted by Gasteiger charge is 2.33. The monoisotopic (exact) mass is 399 g/mol. The van der Waals surface area contributed by atoms with Crippen LogP contribution < -0.4 is 5.32 Å². The molecule has 0 unspecified atom stereocenters. The molecular weight excluding hydrogens is 381 g/mol. The number of anilines is 1. The Labute approximate surface area is 161 Å². The number of hydrogen-bond acceptors (Lipinski definition) is 4. The molecule has 0 aliphatic carbocycles. The number of halogens is 1. The number of sulfone groups is 1. The van der Waals surface area contributed by atoms with Gasteiger partial charge in [0.1, 0.15) is 11.6 Å². The van der Waals surface area contributed by atoms with Crippen molar-refractivity contribution in [2.75, 3.05) is 5.32 Å². The van der Waals surface area contributed by atoms with Crippen LogP contribution in [0.5, 0.6) is 0 Å². The molecular formula is C20H18FN3O3S. The summed E-state index contributed by atoms with van der Waals surface area (Å²) in [7, 11) is -3.28. The summed E-state index contributed by atoms with van der Waals surface area (Å²) in [5, 5.41) is 7.25. The minimum atomic E-state index is -3.28. The van der Waals surface area contributed by atoms with Gasteiger partial charge in [0, 0.05) is 11.1 Å². The zero-order valence-corrected chi connectivity index (χ0v) is 16.2. The second-order valence-corrected chi connectivity index (χ2v) is 9.03. The number of aryl methyl sites for hydroxylation is 2. The lowest BCUT2D eigenvalue weighted by Crippen LogP contribution is -2.17. The average molecular weight is 399 g/mol. The molecule has 0 spiro atoms. The van der Waals surface area contributed by atoms with E-state index >= 15 is 0 Å². The number of fused-ring (bicyclic) bond motifs is 1. The first-order valence-corrected chi connectivity index (χ1v) is 10.5. The van der Waals surface area contributed by atoms with Crippen molar-refractivity contribution in [1.82, 2.24) is 9.78 Å². The molecule has 1 aliphatic heterocycles. The fourth-order valence-electron chi connectivity index (χ4n) is 3.37. The van der Waals surface area contributed by atoms with Gasteiger partial charge in [0.25, 0.3) is 5.91 Å². The van der Waals surface area contributed by atoms with E-state index in [2.05, 4.69) is 10.4 Å². The number of benzene rings is 2. The van der Waals surface area contributed by atoms with Crippen molar-refractivity contribution in [3.8, 4) is 5.69 Å². The predicted molar refractivity (Wildman–Crippen MR) is 104 cm³/mol. The van der Waals surface area contributed by atoms with E-state index in [1.54, 1.807) is 4.68 Å². The Morgan fingerprint density at radius 1 is 1.11 bits per heavy atom. The Morgan fingerprint density at radius 2 is 1.82 bits per heavy atom. The molecule has 4 rings (SSSR count). The van der Waals surface area contributed by atoms with E-state index in [4.69, 9.17) is 0 Å². The summed E-state index contributed by atoms with van der Waals surface area (Å²) < 4.78 is 38.8. The summed E-state index contributed by atoms with van der Waals surface area (Å²) in [5.41, 5.74) is 3.99. The maximum atomic E-state index is 13.1. The van der Waals surface area contributed by atoms with Crippen LogP contribution in [0, 0.1) is 19.7 Å². The normalized spacial score (nSPS) is 14.7. The van der Waals surface area contributed by atoms with Crippen molar-refractivity contribution in [2.24, 2.45) is 0 Å². The van der Waals surface area contributed by atoms with E-state index in [-0.39, 0.29) is 17.1 Å². The van der Waals surface area contributed by atoms with Crippen molar-refractivity contribution in [1.29, 1.82) is 0 Å². The van der Waals surface area contributed by atoms with Gasteiger partial charge in [-0.1, -0.05) is 17.7 Å². The second kappa shape index (κ2) is 6.56. The maximum Gasteiger partial charge on any atom is 0.256 e. The number of carbonyl (C=O) groups excluding carboxylic acids is 1. The lowest BCUT2D eigenvalue weighted by atomic mass is 10.1. The van der Waals surface area contributed by atoms with Crippen LogP contribution in [-0.2, 0) is 21.3 Å². The standard InChI is InChI=1S/C20H18FN3O3S/c1-12-3-8-18(13(2)9-12)24-19(16-10-28(26,27)11-17(16)23-24)22-20(25)14-4-6-15(21)7-5-14/h3-9H,10-11H2,1-2H3,(H,22,25). The highest BCUT2D eigenvalue weighted by Crippen LogP contribution is 2.34. The molecule has 6 nitrogen and oxygen atoms in total. The third kappa shape index (κ3) is 3.31. The average Bonchev–Trinajstić information content (AvgIpc) is 3.08. The molecule has 0 saturated carbocycles. The fraction of sp³-hybridized carbons (Fsp3) is 0.200. The molecule has 1 N–H and O–H groups in total. The van der Waals surface area contributed by atoms with Gasteiger partial charge in [0.15, 0.2) is 9.84 Å². The van der Waals surface area contributed by atoms with Crippen molar-refractivity contribution in [3.05, 3.63) is 76.2 Å². The van der Waals surface area contributed by atoms with E-state index in [1.807, 2.05) is 32.0 Å². The van der Waals surface area contributed by atoms with Crippen LogP contribution in [0.4, 0.5) is 10.2 Å². The first-order chi connectivity index (χ1) is 13.2. The molecule has 0 saturated heterocycles. The number of nitrogens with one attached hydrogen (secondary N) is 1. The molecule has 144 valence electrons. The number of hydrogen-bond donors (Lipinski definition) is 1. The van der Waals surface area contributed by atoms with Gasteiger partial charge in [0.2, 0.25) is 0 Å². The number of amides is 1. The van der Waals surface area contributed by atoms with E-state index in [0.29, 0.717) is 17.1 Å². The molecule has 28 heavy (non-hydrogen) atoms. The summed E-state index contributed by atoms with van der Waals surface area (Å²) in [6, 6.07) is 11.0.